The number of aromatic nitrogens is 2. The summed E-state index contributed by atoms with van der Waals surface area (Å²) in [5.74, 6) is 0.808. The summed E-state index contributed by atoms with van der Waals surface area (Å²) in [6.45, 7) is -2.09. The van der Waals surface area contributed by atoms with Crippen LogP contribution in [0.4, 0.5) is 34.1 Å². The van der Waals surface area contributed by atoms with E-state index in [2.05, 4.69) is 88.3 Å². The Kier molecular flexibility index (Phi) is 7.11. The van der Waals surface area contributed by atoms with Crippen molar-refractivity contribution in [3.8, 4) is 16.9 Å². The Morgan fingerprint density at radius 1 is 0.653 bits per heavy atom. The fraction of sp³-hybridized carbons (Fsp3) is 0.0465. The monoisotopic (exact) mass is 815 g/mol. The smallest absolute Gasteiger partial charge is 0.358 e. The Bertz CT molecular complexity index is 2540. The van der Waals surface area contributed by atoms with E-state index in [4.69, 9.17) is 9.10 Å². The third-order valence-electron chi connectivity index (χ3n) is 8.95. The summed E-state index contributed by atoms with van der Waals surface area (Å²) in [4.78, 5) is 10.5. The van der Waals surface area contributed by atoms with Gasteiger partial charge in [0.2, 0.25) is 0 Å². The summed E-state index contributed by atoms with van der Waals surface area (Å²) in [6, 6.07) is 58.4. The molecule has 0 bridgehead atoms. The largest absolute Gasteiger partial charge is 2.00 e. The second-order valence-electron chi connectivity index (χ2n) is 11.8. The summed E-state index contributed by atoms with van der Waals surface area (Å²) in [5, 5.41) is 2.19. The number of hydrogen-bond donors (Lipinski definition) is 0. The molecule has 1 aliphatic heterocycles. The van der Waals surface area contributed by atoms with Gasteiger partial charge in [0.25, 0.3) is 0 Å². The van der Waals surface area contributed by atoms with Gasteiger partial charge < -0.3 is 19.3 Å². The van der Waals surface area contributed by atoms with Crippen LogP contribution in [-0.4, -0.2) is 23.2 Å². The zero-order valence-electron chi connectivity index (χ0n) is 29.3. The van der Waals surface area contributed by atoms with Crippen LogP contribution < -0.4 is 14.7 Å². The molecule has 6 heteroatoms. The molecule has 238 valence electrons. The molecule has 0 unspecified atom stereocenters. The van der Waals surface area contributed by atoms with Gasteiger partial charge >= 0.3 is 21.1 Å². The molecule has 0 aliphatic carbocycles. The van der Waals surface area contributed by atoms with Crippen molar-refractivity contribution >= 4 is 55.9 Å². The van der Waals surface area contributed by atoms with Gasteiger partial charge in [0, 0.05) is 28.5 Å². The van der Waals surface area contributed by atoms with E-state index in [1.54, 1.807) is 0 Å². The second-order valence-corrected chi connectivity index (χ2v) is 11.8. The fourth-order valence-electron chi connectivity index (χ4n) is 6.74. The van der Waals surface area contributed by atoms with Crippen LogP contribution in [0.1, 0.15) is 4.11 Å². The Balaban J connectivity index is 0.00000387. The van der Waals surface area contributed by atoms with Crippen LogP contribution in [0, 0.1) is 12.1 Å². The van der Waals surface area contributed by atoms with Crippen LogP contribution in [0.15, 0.2) is 158 Å². The zero-order chi connectivity index (χ0) is 34.5. The summed E-state index contributed by atoms with van der Waals surface area (Å²) >= 11 is 0. The van der Waals surface area contributed by atoms with Crippen molar-refractivity contribution in [2.75, 3.05) is 28.3 Å². The number of rotatable bonds is 6. The molecule has 0 radical (unpaired) electrons. The predicted molar refractivity (Wildman–Crippen MR) is 198 cm³/mol. The van der Waals surface area contributed by atoms with Crippen molar-refractivity contribution < 1.29 is 25.2 Å². The molecule has 3 heterocycles. The van der Waals surface area contributed by atoms with Gasteiger partial charge in [-0.2, -0.15) is 12.1 Å². The van der Waals surface area contributed by atoms with Gasteiger partial charge in [-0.3, -0.25) is 0 Å². The first kappa shape index (κ1) is 27.3. The number of fused-ring (bicyclic) bond motifs is 4. The van der Waals surface area contributed by atoms with Crippen LogP contribution in [0.25, 0.3) is 38.8 Å². The second kappa shape index (κ2) is 12.8. The normalized spacial score (nSPS) is 13.4. The van der Waals surface area contributed by atoms with Crippen molar-refractivity contribution in [2.24, 2.45) is 0 Å². The molecule has 0 fully saturated rings. The maximum atomic E-state index is 8.19. The Hall–Kier alpha value is -5.64. The van der Waals surface area contributed by atoms with Crippen LogP contribution in [-0.2, 0) is 21.1 Å². The minimum atomic E-state index is -2.28. The molecule has 8 aromatic rings. The van der Waals surface area contributed by atoms with Gasteiger partial charge in [0.1, 0.15) is 5.82 Å². The molecule has 0 atom stereocenters. The molecule has 0 spiro atoms. The average molecular weight is 816 g/mol. The summed E-state index contributed by atoms with van der Waals surface area (Å²) in [7, 11) is 0. The van der Waals surface area contributed by atoms with Crippen LogP contribution in [0.5, 0.6) is 0 Å². The SMILES string of the molecule is [2H]C([2H])([2H])N1CN(c2[c-]c(N(c3[c-]c4c(cc3)c3ccccc3n4-c3cc(-c4ccccc4)ccn3)c3ccccc3)ccc2)c2ccccc21.[Pt+2]. The Labute approximate surface area is 304 Å². The molecule has 0 amide bonds. The van der Waals surface area contributed by atoms with E-state index in [1.165, 1.54) is 4.90 Å². The molecule has 2 aromatic heterocycles. The maximum Gasteiger partial charge on any atom is 2.00 e. The van der Waals surface area contributed by atoms with Crippen molar-refractivity contribution in [3.05, 3.63) is 170 Å². The number of para-hydroxylation sites is 4. The topological polar surface area (TPSA) is 27.5 Å². The van der Waals surface area contributed by atoms with Crippen molar-refractivity contribution in [2.45, 2.75) is 0 Å². The molecule has 0 N–H and O–H groups in total. The van der Waals surface area contributed by atoms with E-state index in [0.29, 0.717) is 5.69 Å². The first-order valence-electron chi connectivity index (χ1n) is 17.4. The van der Waals surface area contributed by atoms with Gasteiger partial charge in [-0.25, -0.2) is 4.98 Å². The first-order chi connectivity index (χ1) is 24.9. The third-order valence-corrected chi connectivity index (χ3v) is 8.95. The van der Waals surface area contributed by atoms with Gasteiger partial charge in [0.05, 0.1) is 18.0 Å². The summed E-state index contributed by atoms with van der Waals surface area (Å²) < 4.78 is 26.8. The number of benzene rings is 6. The molecule has 9 rings (SSSR count). The minimum Gasteiger partial charge on any atom is -0.358 e. The Morgan fingerprint density at radius 2 is 1.39 bits per heavy atom. The van der Waals surface area contributed by atoms with Crippen molar-refractivity contribution in [1.82, 2.24) is 9.55 Å². The Morgan fingerprint density at radius 3 is 2.22 bits per heavy atom. The van der Waals surface area contributed by atoms with E-state index in [1.807, 2.05) is 96.0 Å². The molecular weight excluding hydrogens is 782 g/mol. The zero-order valence-corrected chi connectivity index (χ0v) is 28.5. The van der Waals surface area contributed by atoms with Gasteiger partial charge in [-0.1, -0.05) is 101 Å². The van der Waals surface area contributed by atoms with Crippen molar-refractivity contribution in [3.63, 3.8) is 0 Å². The standard InChI is InChI=1S/C43H31N5.Pt/c1-45-30-46(41-22-11-10-21-40(41)45)34-17-12-18-35(28-34)47(33-15-6-3-7-16-33)36-23-24-38-37-19-8-9-20-39(37)48(42(38)29-36)43-27-32(25-26-44-43)31-13-4-2-5-14-31;/h2-27H,30H2,1H3;/q-2;+2/i1D3;. The van der Waals surface area contributed by atoms with Gasteiger partial charge in [-0.05, 0) is 59.0 Å². The summed E-state index contributed by atoms with van der Waals surface area (Å²) in [5.41, 5.74) is 9.01. The average Bonchev–Trinajstić information content (AvgIpc) is 3.73. The quantitative estimate of drug-likeness (QED) is 0.156. The van der Waals surface area contributed by atoms with Crippen LogP contribution >= 0.6 is 0 Å². The van der Waals surface area contributed by atoms with E-state index in [0.717, 1.165) is 67.2 Å². The molecule has 1 aliphatic rings. The van der Waals surface area contributed by atoms with E-state index < -0.39 is 6.98 Å². The first-order valence-corrected chi connectivity index (χ1v) is 15.9. The van der Waals surface area contributed by atoms with E-state index >= 15 is 0 Å². The number of anilines is 6. The fourth-order valence-corrected chi connectivity index (χ4v) is 6.74. The minimum absolute atomic E-state index is 0. The maximum absolute atomic E-state index is 8.19. The predicted octanol–water partition coefficient (Wildman–Crippen LogP) is 10.5. The summed E-state index contributed by atoms with van der Waals surface area (Å²) in [6.07, 6.45) is 1.86. The van der Waals surface area contributed by atoms with Crippen molar-refractivity contribution in [1.29, 1.82) is 0 Å². The molecule has 5 nitrogen and oxygen atoms in total. The van der Waals surface area contributed by atoms with E-state index in [9.17, 15) is 0 Å². The molecule has 0 saturated heterocycles. The molecule has 49 heavy (non-hydrogen) atoms. The number of hydrogen-bond acceptors (Lipinski definition) is 4. The number of nitrogens with zero attached hydrogens (tertiary/aromatic N) is 5. The van der Waals surface area contributed by atoms with Crippen LogP contribution in [0.3, 0.4) is 0 Å². The van der Waals surface area contributed by atoms with E-state index in [-0.39, 0.29) is 27.7 Å². The third kappa shape index (κ3) is 5.37. The van der Waals surface area contributed by atoms with Crippen LogP contribution in [0.2, 0.25) is 0 Å². The van der Waals surface area contributed by atoms with Gasteiger partial charge in [0.15, 0.2) is 0 Å². The molecule has 6 aromatic carbocycles. The molecular formula is C43H31N5Pt. The van der Waals surface area contributed by atoms with Gasteiger partial charge in [-0.15, -0.1) is 35.7 Å². The molecule has 0 saturated carbocycles. The number of pyridine rings is 1.